The lowest BCUT2D eigenvalue weighted by atomic mass is 9.92. The Morgan fingerprint density at radius 1 is 1.33 bits per heavy atom. The summed E-state index contributed by atoms with van der Waals surface area (Å²) in [7, 11) is 4.10. The van der Waals surface area contributed by atoms with Crippen molar-refractivity contribution in [2.75, 3.05) is 14.1 Å². The van der Waals surface area contributed by atoms with Crippen LogP contribution in [0.4, 0.5) is 0 Å². The van der Waals surface area contributed by atoms with Crippen LogP contribution in [0.1, 0.15) is 20.3 Å². The second-order valence-electron chi connectivity index (χ2n) is 3.96. The van der Waals surface area contributed by atoms with Crippen LogP contribution in [0.3, 0.4) is 0 Å². The van der Waals surface area contributed by atoms with Gasteiger partial charge in [-0.1, -0.05) is 6.92 Å². The van der Waals surface area contributed by atoms with Crippen LogP contribution in [0, 0.1) is 5.92 Å². The maximum absolute atomic E-state index is 9.52. The van der Waals surface area contributed by atoms with E-state index in [1.165, 1.54) is 0 Å². The van der Waals surface area contributed by atoms with Crippen LogP contribution in [-0.2, 0) is 4.74 Å². The molecule has 1 aliphatic rings. The molecule has 1 N–H and O–H groups in total. The van der Waals surface area contributed by atoms with Gasteiger partial charge in [-0.2, -0.15) is 0 Å². The van der Waals surface area contributed by atoms with Gasteiger partial charge in [0.05, 0.1) is 6.10 Å². The number of nitrogens with zero attached hydrogens (tertiary/aromatic N) is 1. The zero-order chi connectivity index (χ0) is 9.30. The summed E-state index contributed by atoms with van der Waals surface area (Å²) in [4.78, 5) is 2.16. The molecule has 0 aromatic heterocycles. The molecule has 3 heteroatoms. The first-order valence-corrected chi connectivity index (χ1v) is 4.52. The van der Waals surface area contributed by atoms with E-state index in [1.807, 2.05) is 27.9 Å². The summed E-state index contributed by atoms with van der Waals surface area (Å²) in [5, 5.41) is 9.52. The largest absolute Gasteiger partial charge is 0.368 e. The molecule has 1 fully saturated rings. The van der Waals surface area contributed by atoms with Crippen molar-refractivity contribution in [1.82, 2.24) is 4.90 Å². The first kappa shape index (κ1) is 9.96. The smallest absolute Gasteiger partial charge is 0.158 e. The van der Waals surface area contributed by atoms with Gasteiger partial charge >= 0.3 is 0 Å². The van der Waals surface area contributed by atoms with Gasteiger partial charge in [-0.15, -0.1) is 0 Å². The summed E-state index contributed by atoms with van der Waals surface area (Å²) in [6.07, 6.45) is 0.579. The fourth-order valence-electron chi connectivity index (χ4n) is 1.84. The van der Waals surface area contributed by atoms with Crippen molar-refractivity contribution in [3.63, 3.8) is 0 Å². The molecule has 1 heterocycles. The van der Waals surface area contributed by atoms with Crippen LogP contribution in [-0.4, -0.2) is 42.5 Å². The summed E-state index contributed by atoms with van der Waals surface area (Å²) in [6, 6.07) is 0.434. The average molecular weight is 173 g/mol. The number of rotatable bonds is 1. The van der Waals surface area contributed by atoms with Gasteiger partial charge in [-0.25, -0.2) is 0 Å². The predicted molar refractivity (Wildman–Crippen MR) is 47.8 cm³/mol. The predicted octanol–water partition coefficient (Wildman–Crippen LogP) is 0.680. The highest BCUT2D eigenvalue weighted by atomic mass is 16.6. The molecule has 0 bridgehead atoms. The third kappa shape index (κ3) is 1.97. The van der Waals surface area contributed by atoms with Crippen LogP contribution in [0.5, 0.6) is 0 Å². The minimum absolute atomic E-state index is 0.170. The molecule has 3 nitrogen and oxygen atoms in total. The Bertz CT molecular complexity index is 149. The van der Waals surface area contributed by atoms with Gasteiger partial charge in [-0.3, -0.25) is 0 Å². The molecule has 72 valence electrons. The Balaban J connectivity index is 2.60. The minimum Gasteiger partial charge on any atom is -0.368 e. The van der Waals surface area contributed by atoms with Crippen LogP contribution in [0.2, 0.25) is 0 Å². The van der Waals surface area contributed by atoms with Crippen LogP contribution in [0.25, 0.3) is 0 Å². The van der Waals surface area contributed by atoms with Gasteiger partial charge in [0.1, 0.15) is 0 Å². The number of aliphatic hydroxyl groups excluding tert-OH is 1. The van der Waals surface area contributed by atoms with E-state index in [1.54, 1.807) is 0 Å². The van der Waals surface area contributed by atoms with Gasteiger partial charge in [0, 0.05) is 12.0 Å². The van der Waals surface area contributed by atoms with E-state index in [0.717, 1.165) is 6.42 Å². The average Bonchev–Trinajstić information content (AvgIpc) is 1.96. The van der Waals surface area contributed by atoms with E-state index >= 15 is 0 Å². The Morgan fingerprint density at radius 3 is 2.42 bits per heavy atom. The van der Waals surface area contributed by atoms with Crippen molar-refractivity contribution in [3.05, 3.63) is 0 Å². The summed E-state index contributed by atoms with van der Waals surface area (Å²) in [5.74, 6) is 0.205. The molecule has 0 spiro atoms. The Labute approximate surface area is 74.3 Å². The summed E-state index contributed by atoms with van der Waals surface area (Å²) >= 11 is 0. The fraction of sp³-hybridized carbons (Fsp3) is 1.00. The highest BCUT2D eigenvalue weighted by molar-refractivity contribution is 4.81. The summed E-state index contributed by atoms with van der Waals surface area (Å²) in [5.41, 5.74) is 0. The van der Waals surface area contributed by atoms with Gasteiger partial charge in [0.25, 0.3) is 0 Å². The number of hydrogen-bond acceptors (Lipinski definition) is 3. The topological polar surface area (TPSA) is 32.7 Å². The van der Waals surface area contributed by atoms with E-state index in [0.29, 0.717) is 6.04 Å². The molecule has 0 amide bonds. The highest BCUT2D eigenvalue weighted by Gasteiger charge is 2.33. The van der Waals surface area contributed by atoms with E-state index in [4.69, 9.17) is 4.74 Å². The molecule has 0 radical (unpaired) electrons. The number of aliphatic hydroxyl groups is 1. The SMILES string of the molecule is C[C@@H]1C[C@H](N(C)C)[C@@H](C)C(O)O1. The fourth-order valence-corrected chi connectivity index (χ4v) is 1.84. The number of hydrogen-bond donors (Lipinski definition) is 1. The van der Waals surface area contributed by atoms with Gasteiger partial charge < -0.3 is 14.7 Å². The highest BCUT2D eigenvalue weighted by Crippen LogP contribution is 2.26. The lowest BCUT2D eigenvalue weighted by molar-refractivity contribution is -0.202. The van der Waals surface area contributed by atoms with Crippen molar-refractivity contribution in [2.45, 2.75) is 38.7 Å². The normalized spacial score (nSPS) is 43.5. The molecule has 1 unspecified atom stereocenters. The van der Waals surface area contributed by atoms with Gasteiger partial charge in [0.15, 0.2) is 6.29 Å². The molecule has 0 aromatic rings. The van der Waals surface area contributed by atoms with E-state index in [-0.39, 0.29) is 12.0 Å². The van der Waals surface area contributed by atoms with E-state index in [9.17, 15) is 5.11 Å². The zero-order valence-corrected chi connectivity index (χ0v) is 8.32. The van der Waals surface area contributed by atoms with Crippen molar-refractivity contribution in [2.24, 2.45) is 5.92 Å². The van der Waals surface area contributed by atoms with Crippen LogP contribution >= 0.6 is 0 Å². The van der Waals surface area contributed by atoms with Crippen LogP contribution < -0.4 is 0 Å². The lowest BCUT2D eigenvalue weighted by Gasteiger charge is -2.40. The summed E-state index contributed by atoms with van der Waals surface area (Å²) in [6.45, 7) is 4.03. The first-order chi connectivity index (χ1) is 5.52. The molecule has 0 aliphatic carbocycles. The van der Waals surface area contributed by atoms with Crippen molar-refractivity contribution >= 4 is 0 Å². The molecule has 12 heavy (non-hydrogen) atoms. The molecule has 1 saturated heterocycles. The van der Waals surface area contributed by atoms with Crippen molar-refractivity contribution in [1.29, 1.82) is 0 Å². The second kappa shape index (κ2) is 3.73. The van der Waals surface area contributed by atoms with Gasteiger partial charge in [-0.05, 0) is 27.4 Å². The van der Waals surface area contributed by atoms with E-state index in [2.05, 4.69) is 4.90 Å². The first-order valence-electron chi connectivity index (χ1n) is 4.52. The summed E-state index contributed by atoms with van der Waals surface area (Å²) < 4.78 is 5.31. The Hall–Kier alpha value is -0.120. The third-order valence-corrected chi connectivity index (χ3v) is 2.67. The molecule has 1 aliphatic heterocycles. The van der Waals surface area contributed by atoms with Crippen molar-refractivity contribution in [3.8, 4) is 0 Å². The molecular weight excluding hydrogens is 154 g/mol. The molecule has 4 atom stereocenters. The number of ether oxygens (including phenoxy) is 1. The maximum atomic E-state index is 9.52. The standard InChI is InChI=1S/C9H19NO2/c1-6-5-8(10(3)4)7(2)9(11)12-6/h6-9,11H,5H2,1-4H3/t6-,7-,8+,9?/m1/s1. The molecule has 0 saturated carbocycles. The minimum atomic E-state index is -0.596. The molecule has 0 aromatic carbocycles. The van der Waals surface area contributed by atoms with Crippen LogP contribution in [0.15, 0.2) is 0 Å². The molecule has 1 rings (SSSR count). The Kier molecular flexibility index (Phi) is 3.09. The Morgan fingerprint density at radius 2 is 1.92 bits per heavy atom. The zero-order valence-electron chi connectivity index (χ0n) is 8.32. The molecular formula is C9H19NO2. The quantitative estimate of drug-likeness (QED) is 0.633. The van der Waals surface area contributed by atoms with E-state index < -0.39 is 6.29 Å². The monoisotopic (exact) mass is 173 g/mol. The second-order valence-corrected chi connectivity index (χ2v) is 3.96. The maximum Gasteiger partial charge on any atom is 0.158 e. The third-order valence-electron chi connectivity index (χ3n) is 2.67. The van der Waals surface area contributed by atoms with Crippen molar-refractivity contribution < 1.29 is 9.84 Å². The lowest BCUT2D eigenvalue weighted by Crippen LogP contribution is -2.48. The van der Waals surface area contributed by atoms with Gasteiger partial charge in [0.2, 0.25) is 0 Å².